The quantitative estimate of drug-likeness (QED) is 0.0859. The Bertz CT molecular complexity index is 1310. The van der Waals surface area contributed by atoms with Crippen LogP contribution in [0.2, 0.25) is 0 Å². The molecule has 0 aromatic heterocycles. The maximum Gasteiger partial charge on any atom is 0.460 e. The van der Waals surface area contributed by atoms with E-state index in [-0.39, 0.29) is 11.5 Å². The standard InChI is InChI=1S/C26H20F26O4/c27-15(28,17(31,32)19(35,36)21(39,40)23(43,44)25(47,48)49)5-7-53-9-11-55-13-3-1-2-4-14(13)56-12-10-54-8-6-16(29,30)18(33,34)20(37,38)22(41,42)24(45,46)26(50,51)52/h1-4H,5-12H2. The lowest BCUT2D eigenvalue weighted by Crippen LogP contribution is -2.70. The van der Waals surface area contributed by atoms with E-state index in [1.54, 1.807) is 0 Å². The molecule has 0 atom stereocenters. The number of rotatable bonds is 22. The number of hydrogen-bond donors (Lipinski definition) is 0. The zero-order valence-corrected chi connectivity index (χ0v) is 26.4. The maximum absolute atomic E-state index is 13.8. The molecule has 0 amide bonds. The summed E-state index contributed by atoms with van der Waals surface area (Å²) in [6, 6.07) is 4.38. The Hall–Kier alpha value is -3.08. The summed E-state index contributed by atoms with van der Waals surface area (Å²) in [5.41, 5.74) is 0. The first kappa shape index (κ1) is 50.9. The molecule has 0 fully saturated rings. The van der Waals surface area contributed by atoms with E-state index in [2.05, 4.69) is 9.47 Å². The Labute approximate surface area is 293 Å². The summed E-state index contributed by atoms with van der Waals surface area (Å²) in [6.45, 7) is -7.15. The minimum absolute atomic E-state index is 0.384. The van der Waals surface area contributed by atoms with Crippen LogP contribution in [0, 0.1) is 0 Å². The lowest BCUT2D eigenvalue weighted by molar-refractivity contribution is -0.440. The number of hydrogen-bond acceptors (Lipinski definition) is 4. The zero-order valence-electron chi connectivity index (χ0n) is 26.4. The number of benzene rings is 1. The van der Waals surface area contributed by atoms with E-state index in [1.165, 1.54) is 12.1 Å². The van der Waals surface area contributed by atoms with Crippen LogP contribution < -0.4 is 9.47 Å². The molecular formula is C26H20F26O4. The highest BCUT2D eigenvalue weighted by Crippen LogP contribution is 2.62. The van der Waals surface area contributed by atoms with Gasteiger partial charge in [0, 0.05) is 12.8 Å². The highest BCUT2D eigenvalue weighted by Gasteiger charge is 2.92. The number of ether oxygens (including phenoxy) is 4. The second-order valence-electron chi connectivity index (χ2n) is 10.9. The molecule has 0 saturated heterocycles. The molecule has 4 nitrogen and oxygen atoms in total. The van der Waals surface area contributed by atoms with Gasteiger partial charge in [0.15, 0.2) is 11.5 Å². The van der Waals surface area contributed by atoms with Crippen molar-refractivity contribution in [2.45, 2.75) is 84.4 Å². The average Bonchev–Trinajstić information content (AvgIpc) is 3.02. The van der Waals surface area contributed by atoms with Gasteiger partial charge in [-0.3, -0.25) is 0 Å². The van der Waals surface area contributed by atoms with Gasteiger partial charge in [0.2, 0.25) is 0 Å². The molecule has 0 radical (unpaired) electrons. The van der Waals surface area contributed by atoms with Gasteiger partial charge in [0.25, 0.3) is 0 Å². The van der Waals surface area contributed by atoms with Gasteiger partial charge in [-0.15, -0.1) is 0 Å². The van der Waals surface area contributed by atoms with Gasteiger partial charge in [0.1, 0.15) is 13.2 Å². The van der Waals surface area contributed by atoms with Crippen LogP contribution in [0.5, 0.6) is 11.5 Å². The van der Waals surface area contributed by atoms with Gasteiger partial charge in [-0.25, -0.2) is 0 Å². The fraction of sp³-hybridized carbons (Fsp3) is 0.769. The summed E-state index contributed by atoms with van der Waals surface area (Å²) in [5, 5.41) is 0. The molecule has 30 heteroatoms. The van der Waals surface area contributed by atoms with Gasteiger partial charge in [-0.05, 0) is 12.1 Å². The van der Waals surface area contributed by atoms with Crippen LogP contribution in [0.3, 0.4) is 0 Å². The van der Waals surface area contributed by atoms with Gasteiger partial charge < -0.3 is 18.9 Å². The predicted octanol–water partition coefficient (Wildman–Crippen LogP) is 10.7. The second kappa shape index (κ2) is 16.3. The van der Waals surface area contributed by atoms with Crippen LogP contribution in [0.4, 0.5) is 114 Å². The molecule has 330 valence electrons. The van der Waals surface area contributed by atoms with Crippen LogP contribution in [0.1, 0.15) is 12.8 Å². The zero-order chi connectivity index (χ0) is 44.5. The highest BCUT2D eigenvalue weighted by molar-refractivity contribution is 5.39. The van der Waals surface area contributed by atoms with Crippen molar-refractivity contribution in [3.8, 4) is 11.5 Å². The van der Waals surface area contributed by atoms with Gasteiger partial charge in [0.05, 0.1) is 26.4 Å². The summed E-state index contributed by atoms with van der Waals surface area (Å²) in [7, 11) is 0. The van der Waals surface area contributed by atoms with Crippen LogP contribution >= 0.6 is 0 Å². The lowest BCUT2D eigenvalue weighted by atomic mass is 9.93. The normalized spacial score (nSPS) is 15.3. The SMILES string of the molecule is FC(F)(F)C(F)(F)C(F)(F)C(F)(F)C(F)(F)C(F)(F)CCOCCOc1ccccc1OCCOCCC(F)(F)C(F)(F)C(F)(F)C(F)(F)C(F)(F)C(F)(F)F. The summed E-state index contributed by atoms with van der Waals surface area (Å²) in [4.78, 5) is 0. The number of halogens is 26. The van der Waals surface area contributed by atoms with Crippen molar-refractivity contribution in [3.63, 3.8) is 0 Å². The molecule has 0 aliphatic carbocycles. The minimum Gasteiger partial charge on any atom is -0.487 e. The van der Waals surface area contributed by atoms with Crippen LogP contribution in [-0.4, -0.2) is 111 Å². The predicted molar refractivity (Wildman–Crippen MR) is 130 cm³/mol. The van der Waals surface area contributed by atoms with Crippen LogP contribution in [0.15, 0.2) is 24.3 Å². The fourth-order valence-corrected chi connectivity index (χ4v) is 3.63. The fourth-order valence-electron chi connectivity index (χ4n) is 3.63. The first-order chi connectivity index (χ1) is 24.7. The Morgan fingerprint density at radius 1 is 0.304 bits per heavy atom. The largest absolute Gasteiger partial charge is 0.487 e. The first-order valence-electron chi connectivity index (χ1n) is 14.1. The molecule has 0 aliphatic rings. The van der Waals surface area contributed by atoms with E-state index in [9.17, 15) is 114 Å². The number of alkyl halides is 26. The van der Waals surface area contributed by atoms with E-state index >= 15 is 0 Å². The van der Waals surface area contributed by atoms with Crippen LogP contribution in [-0.2, 0) is 9.47 Å². The van der Waals surface area contributed by atoms with Crippen molar-refractivity contribution < 1.29 is 133 Å². The summed E-state index contributed by atoms with van der Waals surface area (Å²) in [6.07, 6.45) is -20.5. The molecule has 56 heavy (non-hydrogen) atoms. The van der Waals surface area contributed by atoms with Gasteiger partial charge >= 0.3 is 71.6 Å². The van der Waals surface area contributed by atoms with Gasteiger partial charge in [-0.2, -0.15) is 114 Å². The molecule has 0 N–H and O–H groups in total. The van der Waals surface area contributed by atoms with Crippen LogP contribution in [0.25, 0.3) is 0 Å². The summed E-state index contributed by atoms with van der Waals surface area (Å²) in [5.74, 6) is -76.6. The molecule has 0 spiro atoms. The Kier molecular flexibility index (Phi) is 14.8. The summed E-state index contributed by atoms with van der Waals surface area (Å²) >= 11 is 0. The molecule has 1 aromatic rings. The van der Waals surface area contributed by atoms with E-state index < -0.39 is 124 Å². The first-order valence-corrected chi connectivity index (χ1v) is 14.1. The van der Waals surface area contributed by atoms with Crippen molar-refractivity contribution in [1.82, 2.24) is 0 Å². The Morgan fingerprint density at radius 2 is 0.554 bits per heavy atom. The molecule has 1 aromatic carbocycles. The van der Waals surface area contributed by atoms with Crippen molar-refractivity contribution in [2.75, 3.05) is 39.6 Å². The molecule has 0 aliphatic heterocycles. The van der Waals surface area contributed by atoms with Crippen molar-refractivity contribution in [2.24, 2.45) is 0 Å². The molecule has 0 saturated carbocycles. The van der Waals surface area contributed by atoms with E-state index in [1.807, 2.05) is 0 Å². The molecule has 0 unspecified atom stereocenters. The van der Waals surface area contributed by atoms with Crippen molar-refractivity contribution >= 4 is 0 Å². The molecule has 1 rings (SSSR count). The Morgan fingerprint density at radius 3 is 0.804 bits per heavy atom. The Balaban J connectivity index is 2.72. The monoisotopic (exact) mass is 890 g/mol. The third kappa shape index (κ3) is 9.13. The molecule has 0 bridgehead atoms. The summed E-state index contributed by atoms with van der Waals surface area (Å²) < 4.78 is 360. The maximum atomic E-state index is 13.8. The van der Waals surface area contributed by atoms with E-state index in [4.69, 9.17) is 9.47 Å². The van der Waals surface area contributed by atoms with Crippen molar-refractivity contribution in [3.05, 3.63) is 24.3 Å². The third-order valence-electron chi connectivity index (χ3n) is 6.94. The third-order valence-corrected chi connectivity index (χ3v) is 6.94. The molecule has 0 heterocycles. The minimum atomic E-state index is -8.09. The molecular weight excluding hydrogens is 870 g/mol. The topological polar surface area (TPSA) is 36.9 Å². The highest BCUT2D eigenvalue weighted by atomic mass is 19.4. The lowest BCUT2D eigenvalue weighted by Gasteiger charge is -2.39. The smallest absolute Gasteiger partial charge is 0.460 e. The average molecular weight is 890 g/mol. The van der Waals surface area contributed by atoms with E-state index in [0.29, 0.717) is 0 Å². The second-order valence-corrected chi connectivity index (χ2v) is 10.9. The van der Waals surface area contributed by atoms with Crippen molar-refractivity contribution in [1.29, 1.82) is 0 Å². The van der Waals surface area contributed by atoms with Gasteiger partial charge in [-0.1, -0.05) is 12.1 Å². The van der Waals surface area contributed by atoms with E-state index in [0.717, 1.165) is 12.1 Å². The number of para-hydroxylation sites is 2.